The van der Waals surface area contributed by atoms with Gasteiger partial charge in [-0.15, -0.1) is 0 Å². The largest absolute Gasteiger partial charge is 0.505 e. The van der Waals surface area contributed by atoms with Crippen LogP contribution in [-0.2, 0) is 11.3 Å². The summed E-state index contributed by atoms with van der Waals surface area (Å²) in [5, 5.41) is 11.7. The molecule has 0 aromatic heterocycles. The van der Waals surface area contributed by atoms with Crippen LogP contribution in [0.1, 0.15) is 26.3 Å². The zero-order valence-corrected chi connectivity index (χ0v) is 10.1. The van der Waals surface area contributed by atoms with Gasteiger partial charge in [0.05, 0.1) is 0 Å². The van der Waals surface area contributed by atoms with Crippen LogP contribution < -0.4 is 5.32 Å². The molecule has 0 bridgehead atoms. The third-order valence-electron chi connectivity index (χ3n) is 1.86. The number of carbonyl (C=O) groups is 1. The monoisotopic (exact) mass is 241 g/mol. The van der Waals surface area contributed by atoms with Crippen molar-refractivity contribution in [2.45, 2.75) is 32.9 Å². The number of phenolic OH excluding ortho intramolecular Hbond substituents is 1. The van der Waals surface area contributed by atoms with Crippen molar-refractivity contribution in [2.75, 3.05) is 0 Å². The van der Waals surface area contributed by atoms with Crippen LogP contribution in [-0.4, -0.2) is 16.7 Å². The van der Waals surface area contributed by atoms with Gasteiger partial charge in [-0.25, -0.2) is 9.18 Å². The Morgan fingerprint density at radius 3 is 2.65 bits per heavy atom. The quantitative estimate of drug-likeness (QED) is 0.836. The molecule has 0 spiro atoms. The number of alkyl carbamates (subject to hydrolysis) is 1. The fraction of sp³-hybridized carbons (Fsp3) is 0.417. The number of phenols is 1. The second kappa shape index (κ2) is 5.03. The SMILES string of the molecule is CC(C)(C)NC(=O)OCc1ccc(F)c(O)c1. The van der Waals surface area contributed by atoms with E-state index in [1.165, 1.54) is 12.1 Å². The van der Waals surface area contributed by atoms with Crippen LogP contribution in [0, 0.1) is 5.82 Å². The van der Waals surface area contributed by atoms with Crippen molar-refractivity contribution in [2.24, 2.45) is 0 Å². The Hall–Kier alpha value is -1.78. The van der Waals surface area contributed by atoms with E-state index < -0.39 is 17.7 Å². The summed E-state index contributed by atoms with van der Waals surface area (Å²) in [5.74, 6) is -1.16. The molecule has 4 nitrogen and oxygen atoms in total. The lowest BCUT2D eigenvalue weighted by Gasteiger charge is -2.19. The molecule has 1 aromatic rings. The predicted octanol–water partition coefficient (Wildman–Crippen LogP) is 2.56. The van der Waals surface area contributed by atoms with Gasteiger partial charge < -0.3 is 15.2 Å². The Morgan fingerprint density at radius 1 is 1.47 bits per heavy atom. The molecular weight excluding hydrogens is 225 g/mol. The number of benzene rings is 1. The van der Waals surface area contributed by atoms with Crippen molar-refractivity contribution in [1.82, 2.24) is 5.32 Å². The van der Waals surface area contributed by atoms with Crippen molar-refractivity contribution in [3.05, 3.63) is 29.6 Å². The number of hydrogen-bond acceptors (Lipinski definition) is 3. The highest BCUT2D eigenvalue weighted by atomic mass is 19.1. The second-order valence-electron chi connectivity index (χ2n) is 4.74. The highest BCUT2D eigenvalue weighted by molar-refractivity contribution is 5.68. The highest BCUT2D eigenvalue weighted by Crippen LogP contribution is 2.17. The summed E-state index contributed by atoms with van der Waals surface area (Å²) in [6.45, 7) is 5.48. The van der Waals surface area contributed by atoms with E-state index >= 15 is 0 Å². The van der Waals surface area contributed by atoms with Crippen molar-refractivity contribution < 1.29 is 19.0 Å². The molecule has 1 rings (SSSR count). The molecule has 0 saturated heterocycles. The van der Waals surface area contributed by atoms with Gasteiger partial charge in [-0.05, 0) is 38.5 Å². The first-order valence-corrected chi connectivity index (χ1v) is 5.20. The number of ether oxygens (including phenoxy) is 1. The van der Waals surface area contributed by atoms with E-state index in [9.17, 15) is 9.18 Å². The number of amides is 1. The molecule has 1 aromatic carbocycles. The molecule has 0 heterocycles. The summed E-state index contributed by atoms with van der Waals surface area (Å²) in [6.07, 6.45) is -0.554. The lowest BCUT2D eigenvalue weighted by Crippen LogP contribution is -2.40. The summed E-state index contributed by atoms with van der Waals surface area (Å²) in [4.78, 5) is 11.3. The summed E-state index contributed by atoms with van der Waals surface area (Å²) in [5.41, 5.74) is 0.148. The average Bonchev–Trinajstić information content (AvgIpc) is 2.17. The maximum Gasteiger partial charge on any atom is 0.407 e. The van der Waals surface area contributed by atoms with E-state index in [-0.39, 0.29) is 12.1 Å². The number of carbonyl (C=O) groups excluding carboxylic acids is 1. The Balaban J connectivity index is 2.50. The normalized spacial score (nSPS) is 11.1. The molecule has 0 fully saturated rings. The van der Waals surface area contributed by atoms with E-state index in [0.29, 0.717) is 5.56 Å². The Morgan fingerprint density at radius 2 is 2.12 bits per heavy atom. The first-order valence-electron chi connectivity index (χ1n) is 5.20. The summed E-state index contributed by atoms with van der Waals surface area (Å²) in [7, 11) is 0. The van der Waals surface area contributed by atoms with Crippen LogP contribution in [0.2, 0.25) is 0 Å². The topological polar surface area (TPSA) is 58.6 Å². The maximum atomic E-state index is 12.7. The molecule has 0 saturated carbocycles. The Labute approximate surface area is 99.4 Å². The van der Waals surface area contributed by atoms with Crippen molar-refractivity contribution in [3.63, 3.8) is 0 Å². The van der Waals surface area contributed by atoms with Gasteiger partial charge in [0.2, 0.25) is 0 Å². The van der Waals surface area contributed by atoms with Crippen molar-refractivity contribution in [3.8, 4) is 5.75 Å². The van der Waals surface area contributed by atoms with Crippen LogP contribution in [0.5, 0.6) is 5.75 Å². The van der Waals surface area contributed by atoms with E-state index in [2.05, 4.69) is 5.32 Å². The molecule has 5 heteroatoms. The van der Waals surface area contributed by atoms with Gasteiger partial charge in [0, 0.05) is 5.54 Å². The standard InChI is InChI=1S/C12H16FNO3/c1-12(2,3)14-11(16)17-7-8-4-5-9(13)10(15)6-8/h4-6,15H,7H2,1-3H3,(H,14,16). The van der Waals surface area contributed by atoms with Crippen LogP contribution in [0.25, 0.3) is 0 Å². The average molecular weight is 241 g/mol. The molecule has 0 aliphatic rings. The van der Waals surface area contributed by atoms with Crippen LogP contribution in [0.15, 0.2) is 18.2 Å². The minimum absolute atomic E-state index is 0.0181. The van der Waals surface area contributed by atoms with Gasteiger partial charge in [-0.3, -0.25) is 0 Å². The molecule has 0 unspecified atom stereocenters. The predicted molar refractivity (Wildman–Crippen MR) is 61.1 cm³/mol. The summed E-state index contributed by atoms with van der Waals surface area (Å²) >= 11 is 0. The smallest absolute Gasteiger partial charge is 0.407 e. The van der Waals surface area contributed by atoms with Crippen LogP contribution in [0.3, 0.4) is 0 Å². The number of aromatic hydroxyl groups is 1. The van der Waals surface area contributed by atoms with E-state index in [4.69, 9.17) is 9.84 Å². The molecule has 1 amide bonds. The number of nitrogens with one attached hydrogen (secondary N) is 1. The Kier molecular flexibility index (Phi) is 3.93. The van der Waals surface area contributed by atoms with Crippen LogP contribution in [0.4, 0.5) is 9.18 Å². The first kappa shape index (κ1) is 13.3. The highest BCUT2D eigenvalue weighted by Gasteiger charge is 2.14. The fourth-order valence-electron chi connectivity index (χ4n) is 1.14. The molecule has 2 N–H and O–H groups in total. The lowest BCUT2D eigenvalue weighted by atomic mass is 10.1. The van der Waals surface area contributed by atoms with E-state index in [1.54, 1.807) is 0 Å². The molecule has 94 valence electrons. The van der Waals surface area contributed by atoms with Gasteiger partial charge in [-0.2, -0.15) is 0 Å². The Bertz CT molecular complexity index is 413. The molecule has 0 aliphatic carbocycles. The van der Waals surface area contributed by atoms with Gasteiger partial charge in [0.1, 0.15) is 6.61 Å². The fourth-order valence-corrected chi connectivity index (χ4v) is 1.14. The maximum absolute atomic E-state index is 12.7. The summed E-state index contributed by atoms with van der Waals surface area (Å²) < 4.78 is 17.7. The molecule has 0 aliphatic heterocycles. The van der Waals surface area contributed by atoms with Gasteiger partial charge in [0.15, 0.2) is 11.6 Å². The molecule has 0 radical (unpaired) electrons. The van der Waals surface area contributed by atoms with Crippen LogP contribution >= 0.6 is 0 Å². The molecule has 17 heavy (non-hydrogen) atoms. The lowest BCUT2D eigenvalue weighted by molar-refractivity contribution is 0.131. The number of hydrogen-bond donors (Lipinski definition) is 2. The van der Waals surface area contributed by atoms with E-state index in [1.807, 2.05) is 20.8 Å². The third-order valence-corrected chi connectivity index (χ3v) is 1.86. The summed E-state index contributed by atoms with van der Waals surface area (Å²) in [6, 6.07) is 3.79. The van der Waals surface area contributed by atoms with Gasteiger partial charge in [-0.1, -0.05) is 6.07 Å². The van der Waals surface area contributed by atoms with E-state index in [0.717, 1.165) is 6.07 Å². The van der Waals surface area contributed by atoms with Crippen molar-refractivity contribution >= 4 is 6.09 Å². The molecule has 0 atom stereocenters. The minimum atomic E-state index is -0.701. The van der Waals surface area contributed by atoms with Gasteiger partial charge in [0.25, 0.3) is 0 Å². The zero-order chi connectivity index (χ0) is 13.1. The zero-order valence-electron chi connectivity index (χ0n) is 10.1. The molecular formula is C12H16FNO3. The minimum Gasteiger partial charge on any atom is -0.505 e. The number of halogens is 1. The first-order chi connectivity index (χ1) is 7.78. The van der Waals surface area contributed by atoms with Crippen molar-refractivity contribution in [1.29, 1.82) is 0 Å². The second-order valence-corrected chi connectivity index (χ2v) is 4.74. The van der Waals surface area contributed by atoms with Gasteiger partial charge >= 0.3 is 6.09 Å². The third kappa shape index (κ3) is 4.72. The number of rotatable bonds is 2.